The highest BCUT2D eigenvalue weighted by molar-refractivity contribution is 6.00. The molecule has 0 unspecified atom stereocenters. The van der Waals surface area contributed by atoms with E-state index in [9.17, 15) is 14.7 Å². The first-order valence-electron chi connectivity index (χ1n) is 8.58. The van der Waals surface area contributed by atoms with Crippen LogP contribution >= 0.6 is 0 Å². The van der Waals surface area contributed by atoms with Gasteiger partial charge in [-0.3, -0.25) is 9.59 Å². The molecule has 24 heavy (non-hydrogen) atoms. The van der Waals surface area contributed by atoms with Crippen LogP contribution in [0.2, 0.25) is 0 Å². The topological polar surface area (TPSA) is 82.1 Å². The van der Waals surface area contributed by atoms with E-state index in [1.54, 1.807) is 12.2 Å². The number of aliphatic hydroxyl groups excluding tert-OH is 1. The number of ketones is 1. The van der Waals surface area contributed by atoms with Gasteiger partial charge in [-0.2, -0.15) is 0 Å². The number of ether oxygens (including phenoxy) is 3. The Morgan fingerprint density at radius 3 is 2.83 bits per heavy atom. The highest BCUT2D eigenvalue weighted by Gasteiger charge is 2.52. The molecular formula is C18H24O6. The summed E-state index contributed by atoms with van der Waals surface area (Å²) in [6.45, 7) is 2.33. The first-order chi connectivity index (χ1) is 11.4. The SMILES string of the molecule is CCCOC(=O)C[C@H]1C[C@H](O)C[C@]2(CCC3(C=CC(=O)C=C3)O2)O1. The number of hydrogen-bond donors (Lipinski definition) is 1. The van der Waals surface area contributed by atoms with Crippen LogP contribution in [0.1, 0.15) is 45.4 Å². The summed E-state index contributed by atoms with van der Waals surface area (Å²) in [6.07, 6.45) is 8.40. The van der Waals surface area contributed by atoms with Gasteiger partial charge in [0.15, 0.2) is 11.6 Å². The number of esters is 1. The van der Waals surface area contributed by atoms with Gasteiger partial charge in [-0.1, -0.05) is 6.92 Å². The minimum absolute atomic E-state index is 0.0636. The zero-order chi connectivity index (χ0) is 17.2. The highest BCUT2D eigenvalue weighted by Crippen LogP contribution is 2.47. The molecule has 132 valence electrons. The standard InChI is InChI=1S/C18H24O6/c1-2-9-22-16(21)11-15-10-14(20)12-18(23-15)8-7-17(24-18)5-3-13(19)4-6-17/h3-6,14-15,20H,2,7-12H2,1H3/t14-,15+,18+/m0/s1. The Hall–Kier alpha value is -1.50. The van der Waals surface area contributed by atoms with Gasteiger partial charge in [-0.05, 0) is 37.1 Å². The zero-order valence-electron chi connectivity index (χ0n) is 13.9. The van der Waals surface area contributed by atoms with Crippen molar-refractivity contribution < 1.29 is 28.9 Å². The van der Waals surface area contributed by atoms with E-state index < -0.39 is 23.6 Å². The molecule has 1 aliphatic carbocycles. The molecule has 2 fully saturated rings. The third kappa shape index (κ3) is 3.77. The van der Waals surface area contributed by atoms with Crippen molar-refractivity contribution in [3.63, 3.8) is 0 Å². The van der Waals surface area contributed by atoms with Crippen molar-refractivity contribution in [2.45, 2.75) is 69.0 Å². The van der Waals surface area contributed by atoms with E-state index in [0.717, 1.165) is 6.42 Å². The number of allylic oxidation sites excluding steroid dienone is 2. The van der Waals surface area contributed by atoms with E-state index in [0.29, 0.717) is 32.3 Å². The van der Waals surface area contributed by atoms with Crippen LogP contribution in [0.3, 0.4) is 0 Å². The lowest BCUT2D eigenvalue weighted by molar-refractivity contribution is -0.291. The molecule has 6 nitrogen and oxygen atoms in total. The van der Waals surface area contributed by atoms with Crippen LogP contribution in [0.15, 0.2) is 24.3 Å². The van der Waals surface area contributed by atoms with E-state index in [1.165, 1.54) is 12.2 Å². The van der Waals surface area contributed by atoms with Crippen molar-refractivity contribution in [3.8, 4) is 0 Å². The Balaban J connectivity index is 1.65. The number of carbonyl (C=O) groups is 2. The van der Waals surface area contributed by atoms with E-state index >= 15 is 0 Å². The lowest BCUT2D eigenvalue weighted by atomic mass is 9.92. The molecule has 0 saturated carbocycles. The molecule has 6 heteroatoms. The van der Waals surface area contributed by atoms with Crippen molar-refractivity contribution in [1.29, 1.82) is 0 Å². The maximum atomic E-state index is 11.8. The van der Waals surface area contributed by atoms with Crippen LogP contribution < -0.4 is 0 Å². The maximum Gasteiger partial charge on any atom is 0.308 e. The number of hydrogen-bond acceptors (Lipinski definition) is 6. The molecule has 0 aromatic rings. The summed E-state index contributed by atoms with van der Waals surface area (Å²) in [7, 11) is 0. The summed E-state index contributed by atoms with van der Waals surface area (Å²) in [4.78, 5) is 23.2. The van der Waals surface area contributed by atoms with Gasteiger partial charge >= 0.3 is 5.97 Å². The summed E-state index contributed by atoms with van der Waals surface area (Å²) in [6, 6.07) is 0. The second-order valence-electron chi connectivity index (χ2n) is 6.79. The van der Waals surface area contributed by atoms with Crippen molar-refractivity contribution in [1.82, 2.24) is 0 Å². The van der Waals surface area contributed by atoms with Gasteiger partial charge in [0, 0.05) is 19.3 Å². The lowest BCUT2D eigenvalue weighted by Crippen LogP contribution is -2.48. The molecule has 2 saturated heterocycles. The summed E-state index contributed by atoms with van der Waals surface area (Å²) < 4.78 is 17.3. The molecule has 3 aliphatic rings. The quantitative estimate of drug-likeness (QED) is 0.789. The molecule has 2 spiro atoms. The molecule has 0 amide bonds. The van der Waals surface area contributed by atoms with Crippen molar-refractivity contribution >= 4 is 11.8 Å². The van der Waals surface area contributed by atoms with Crippen LogP contribution in [0.4, 0.5) is 0 Å². The average Bonchev–Trinajstić information content (AvgIpc) is 2.85. The van der Waals surface area contributed by atoms with Crippen molar-refractivity contribution in [2.75, 3.05) is 6.61 Å². The Morgan fingerprint density at radius 1 is 1.38 bits per heavy atom. The van der Waals surface area contributed by atoms with Crippen LogP contribution in [0, 0.1) is 0 Å². The maximum absolute atomic E-state index is 11.8. The van der Waals surface area contributed by atoms with Gasteiger partial charge in [0.05, 0.1) is 25.2 Å². The summed E-state index contributed by atoms with van der Waals surface area (Å²) in [5.41, 5.74) is -0.655. The first kappa shape index (κ1) is 17.3. The van der Waals surface area contributed by atoms with Crippen LogP contribution in [0.25, 0.3) is 0 Å². The predicted octanol–water partition coefficient (Wildman–Crippen LogP) is 1.81. The monoisotopic (exact) mass is 336 g/mol. The van der Waals surface area contributed by atoms with Crippen LogP contribution in [0.5, 0.6) is 0 Å². The van der Waals surface area contributed by atoms with Crippen molar-refractivity contribution in [3.05, 3.63) is 24.3 Å². The molecule has 0 aromatic heterocycles. The molecule has 3 rings (SSSR count). The third-order valence-corrected chi connectivity index (χ3v) is 4.66. The fourth-order valence-corrected chi connectivity index (χ4v) is 3.58. The summed E-state index contributed by atoms with van der Waals surface area (Å²) in [5.74, 6) is -1.30. The Morgan fingerprint density at radius 2 is 2.12 bits per heavy atom. The van der Waals surface area contributed by atoms with Gasteiger partial charge in [0.1, 0.15) is 5.60 Å². The minimum Gasteiger partial charge on any atom is -0.466 e. The molecule has 0 bridgehead atoms. The number of carbonyl (C=O) groups excluding carboxylic acids is 2. The molecular weight excluding hydrogens is 312 g/mol. The van der Waals surface area contributed by atoms with E-state index in [2.05, 4.69) is 0 Å². The normalized spacial score (nSPS) is 34.2. The first-order valence-corrected chi connectivity index (χ1v) is 8.58. The van der Waals surface area contributed by atoms with Gasteiger partial charge in [-0.15, -0.1) is 0 Å². The number of rotatable bonds is 4. The second-order valence-corrected chi connectivity index (χ2v) is 6.79. The highest BCUT2D eigenvalue weighted by atomic mass is 16.7. The fraction of sp³-hybridized carbons (Fsp3) is 0.667. The van der Waals surface area contributed by atoms with Crippen LogP contribution in [-0.2, 0) is 23.8 Å². The van der Waals surface area contributed by atoms with Crippen molar-refractivity contribution in [2.24, 2.45) is 0 Å². The van der Waals surface area contributed by atoms with E-state index in [-0.39, 0.29) is 18.2 Å². The predicted molar refractivity (Wildman–Crippen MR) is 85.0 cm³/mol. The molecule has 1 N–H and O–H groups in total. The summed E-state index contributed by atoms with van der Waals surface area (Å²) in [5, 5.41) is 10.2. The van der Waals surface area contributed by atoms with Gasteiger partial charge in [0.25, 0.3) is 0 Å². The summed E-state index contributed by atoms with van der Waals surface area (Å²) >= 11 is 0. The Labute approximate surface area is 141 Å². The lowest BCUT2D eigenvalue weighted by Gasteiger charge is -2.41. The van der Waals surface area contributed by atoms with Gasteiger partial charge in [-0.25, -0.2) is 0 Å². The molecule has 0 radical (unpaired) electrons. The molecule has 2 heterocycles. The largest absolute Gasteiger partial charge is 0.466 e. The zero-order valence-corrected chi connectivity index (χ0v) is 13.9. The number of aliphatic hydroxyl groups is 1. The van der Waals surface area contributed by atoms with Gasteiger partial charge in [0.2, 0.25) is 0 Å². The third-order valence-electron chi connectivity index (χ3n) is 4.66. The van der Waals surface area contributed by atoms with Crippen LogP contribution in [-0.4, -0.2) is 47.1 Å². The van der Waals surface area contributed by atoms with Gasteiger partial charge < -0.3 is 19.3 Å². The fourth-order valence-electron chi connectivity index (χ4n) is 3.58. The smallest absolute Gasteiger partial charge is 0.308 e. The molecule has 0 aromatic carbocycles. The Bertz CT molecular complexity index is 550. The second kappa shape index (κ2) is 6.78. The average molecular weight is 336 g/mol. The Kier molecular flexibility index (Phi) is 4.90. The minimum atomic E-state index is -0.914. The molecule has 3 atom stereocenters. The van der Waals surface area contributed by atoms with E-state index in [4.69, 9.17) is 14.2 Å². The van der Waals surface area contributed by atoms with E-state index in [1.807, 2.05) is 6.92 Å². The molecule has 2 aliphatic heterocycles.